The number of anilines is 1. The van der Waals surface area contributed by atoms with Crippen molar-refractivity contribution in [2.45, 2.75) is 31.8 Å². The molecule has 2 heterocycles. The quantitative estimate of drug-likeness (QED) is 0.663. The fourth-order valence-electron chi connectivity index (χ4n) is 3.43. The molecule has 1 aromatic heterocycles. The number of ether oxygens (including phenoxy) is 1. The second-order valence-corrected chi connectivity index (χ2v) is 7.16. The number of fused-ring (bicyclic) bond motifs is 1. The summed E-state index contributed by atoms with van der Waals surface area (Å²) in [6.07, 6.45) is 2.24. The monoisotopic (exact) mass is 362 g/mol. The molecule has 2 aromatic carbocycles. The number of imidazole rings is 1. The predicted molar refractivity (Wildman–Crippen MR) is 104 cm³/mol. The van der Waals surface area contributed by atoms with E-state index >= 15 is 0 Å². The molecule has 0 fully saturated rings. The van der Waals surface area contributed by atoms with Gasteiger partial charge in [-0.25, -0.2) is 4.98 Å². The lowest BCUT2D eigenvalue weighted by molar-refractivity contribution is -0.118. The number of H-pyrrole nitrogens is 1. The lowest BCUT2D eigenvalue weighted by atomic mass is 9.89. The summed E-state index contributed by atoms with van der Waals surface area (Å²) in [4.78, 5) is 20.5. The first-order valence-electron chi connectivity index (χ1n) is 8.96. The molecule has 6 nitrogen and oxygen atoms in total. The van der Waals surface area contributed by atoms with E-state index in [1.54, 1.807) is 6.33 Å². The average molecular weight is 362 g/mol. The van der Waals surface area contributed by atoms with E-state index in [1.807, 2.05) is 68.4 Å². The van der Waals surface area contributed by atoms with Crippen molar-refractivity contribution in [3.05, 3.63) is 72.3 Å². The van der Waals surface area contributed by atoms with Crippen LogP contribution in [0.25, 0.3) is 0 Å². The maximum atomic E-state index is 12.9. The van der Waals surface area contributed by atoms with Gasteiger partial charge >= 0.3 is 0 Å². The van der Waals surface area contributed by atoms with E-state index in [0.717, 1.165) is 17.1 Å². The van der Waals surface area contributed by atoms with Crippen LogP contribution < -0.4 is 15.4 Å². The second-order valence-electron chi connectivity index (χ2n) is 7.16. The van der Waals surface area contributed by atoms with Crippen molar-refractivity contribution in [2.24, 2.45) is 0 Å². The van der Waals surface area contributed by atoms with Gasteiger partial charge in [-0.05, 0) is 38.1 Å². The van der Waals surface area contributed by atoms with Crippen LogP contribution in [0.3, 0.4) is 0 Å². The number of benzene rings is 2. The summed E-state index contributed by atoms with van der Waals surface area (Å²) in [5.41, 5.74) is 2.21. The third-order valence-electron chi connectivity index (χ3n) is 4.69. The molecule has 0 unspecified atom stereocenters. The smallest absolute Gasteiger partial charge is 0.242 e. The maximum Gasteiger partial charge on any atom is 0.242 e. The van der Waals surface area contributed by atoms with Crippen LogP contribution in [0, 0.1) is 0 Å². The first kappa shape index (κ1) is 17.3. The first-order chi connectivity index (χ1) is 13.0. The van der Waals surface area contributed by atoms with Gasteiger partial charge < -0.3 is 15.0 Å². The van der Waals surface area contributed by atoms with Crippen LogP contribution in [0.2, 0.25) is 0 Å². The fraction of sp³-hybridized carbons (Fsp3) is 0.238. The zero-order valence-corrected chi connectivity index (χ0v) is 15.3. The van der Waals surface area contributed by atoms with E-state index < -0.39 is 0 Å². The standard InChI is InChI=1S/C21H22N4O2/c1-21(2)19-16(22-13-23-19)12-17(25-21)20(26)24-15-10-6-7-11-18(15)27-14-8-4-3-5-9-14/h3-11,13,17,25H,12H2,1-2H3,(H,22,23)(H,24,26)/t17-/m0/s1. The van der Waals surface area contributed by atoms with E-state index in [-0.39, 0.29) is 17.5 Å². The third-order valence-corrected chi connectivity index (χ3v) is 4.69. The van der Waals surface area contributed by atoms with Gasteiger partial charge in [0.25, 0.3) is 0 Å². The van der Waals surface area contributed by atoms with Crippen LogP contribution in [-0.2, 0) is 16.8 Å². The highest BCUT2D eigenvalue weighted by Crippen LogP contribution is 2.31. The van der Waals surface area contributed by atoms with Gasteiger partial charge in [0.05, 0.1) is 29.3 Å². The van der Waals surface area contributed by atoms with Crippen molar-refractivity contribution < 1.29 is 9.53 Å². The summed E-state index contributed by atoms with van der Waals surface area (Å²) in [5.74, 6) is 1.22. The highest BCUT2D eigenvalue weighted by atomic mass is 16.5. The molecule has 4 rings (SSSR count). The second kappa shape index (κ2) is 6.89. The molecule has 3 aromatic rings. The number of hydrogen-bond donors (Lipinski definition) is 3. The molecule has 6 heteroatoms. The van der Waals surface area contributed by atoms with Crippen LogP contribution in [0.4, 0.5) is 5.69 Å². The summed E-state index contributed by atoms with van der Waals surface area (Å²) in [6.45, 7) is 4.05. The van der Waals surface area contributed by atoms with E-state index in [1.165, 1.54) is 0 Å². The van der Waals surface area contributed by atoms with Gasteiger partial charge in [-0.15, -0.1) is 0 Å². The third kappa shape index (κ3) is 3.57. The minimum atomic E-state index is -0.379. The van der Waals surface area contributed by atoms with E-state index in [4.69, 9.17) is 4.74 Å². The number of nitrogens with one attached hydrogen (secondary N) is 3. The van der Waals surface area contributed by atoms with Crippen LogP contribution in [0.1, 0.15) is 25.2 Å². The molecule has 0 aliphatic carbocycles. The lowest BCUT2D eigenvalue weighted by Gasteiger charge is -2.35. The SMILES string of the molecule is CC1(C)N[C@H](C(=O)Nc2ccccc2Oc2ccccc2)Cc2[nH]cnc21. The van der Waals surface area contributed by atoms with Crippen molar-refractivity contribution >= 4 is 11.6 Å². The zero-order chi connectivity index (χ0) is 18.9. The molecule has 138 valence electrons. The fourth-order valence-corrected chi connectivity index (χ4v) is 3.43. The molecule has 0 radical (unpaired) electrons. The molecule has 0 saturated heterocycles. The van der Waals surface area contributed by atoms with Gasteiger partial charge in [0.15, 0.2) is 5.75 Å². The Morgan fingerprint density at radius 1 is 1.15 bits per heavy atom. The Morgan fingerprint density at radius 2 is 1.89 bits per heavy atom. The van der Waals surface area contributed by atoms with Gasteiger partial charge in [0.1, 0.15) is 5.75 Å². The molecule has 0 saturated carbocycles. The first-order valence-corrected chi connectivity index (χ1v) is 8.96. The number of aromatic nitrogens is 2. The van der Waals surface area contributed by atoms with Gasteiger partial charge in [0.2, 0.25) is 5.91 Å². The van der Waals surface area contributed by atoms with Gasteiger partial charge in [-0.1, -0.05) is 30.3 Å². The molecule has 0 bridgehead atoms. The summed E-state index contributed by atoms with van der Waals surface area (Å²) < 4.78 is 5.93. The summed E-state index contributed by atoms with van der Waals surface area (Å²) in [5, 5.41) is 6.39. The number of hydrogen-bond acceptors (Lipinski definition) is 4. The number of amides is 1. The largest absolute Gasteiger partial charge is 0.455 e. The minimum Gasteiger partial charge on any atom is -0.455 e. The van der Waals surface area contributed by atoms with Crippen molar-refractivity contribution in [2.75, 3.05) is 5.32 Å². The molecule has 1 atom stereocenters. The number of para-hydroxylation sites is 3. The van der Waals surface area contributed by atoms with Crippen molar-refractivity contribution in [3.63, 3.8) is 0 Å². The Kier molecular flexibility index (Phi) is 4.41. The van der Waals surface area contributed by atoms with Crippen LogP contribution in [0.5, 0.6) is 11.5 Å². The summed E-state index contributed by atoms with van der Waals surface area (Å²) in [7, 11) is 0. The molecule has 1 aliphatic rings. The molecular formula is C21H22N4O2. The topological polar surface area (TPSA) is 79.0 Å². The number of nitrogens with zero attached hydrogens (tertiary/aromatic N) is 1. The Labute approximate surface area is 158 Å². The Balaban J connectivity index is 1.52. The van der Waals surface area contributed by atoms with Crippen molar-refractivity contribution in [1.82, 2.24) is 15.3 Å². The minimum absolute atomic E-state index is 0.104. The Bertz CT molecular complexity index is 950. The van der Waals surface area contributed by atoms with E-state index in [9.17, 15) is 4.79 Å². The number of carbonyl (C=O) groups excluding carboxylic acids is 1. The summed E-state index contributed by atoms with van der Waals surface area (Å²) >= 11 is 0. The van der Waals surface area contributed by atoms with E-state index in [0.29, 0.717) is 17.9 Å². The Hall–Kier alpha value is -3.12. The normalized spacial score (nSPS) is 17.8. The molecule has 3 N–H and O–H groups in total. The highest BCUT2D eigenvalue weighted by Gasteiger charge is 2.37. The Morgan fingerprint density at radius 3 is 2.70 bits per heavy atom. The van der Waals surface area contributed by atoms with Crippen LogP contribution in [0.15, 0.2) is 60.9 Å². The zero-order valence-electron chi connectivity index (χ0n) is 15.3. The lowest BCUT2D eigenvalue weighted by Crippen LogP contribution is -2.54. The van der Waals surface area contributed by atoms with Gasteiger partial charge in [0, 0.05) is 12.1 Å². The number of aromatic amines is 1. The molecule has 0 spiro atoms. The molecule has 1 amide bonds. The van der Waals surface area contributed by atoms with Crippen molar-refractivity contribution in [3.8, 4) is 11.5 Å². The molecule has 27 heavy (non-hydrogen) atoms. The molecular weight excluding hydrogens is 340 g/mol. The molecule has 1 aliphatic heterocycles. The van der Waals surface area contributed by atoms with E-state index in [2.05, 4.69) is 20.6 Å². The number of carbonyl (C=O) groups is 1. The average Bonchev–Trinajstić information content (AvgIpc) is 3.13. The van der Waals surface area contributed by atoms with Gasteiger partial charge in [-0.2, -0.15) is 0 Å². The van der Waals surface area contributed by atoms with Crippen molar-refractivity contribution in [1.29, 1.82) is 0 Å². The summed E-state index contributed by atoms with van der Waals surface area (Å²) in [6, 6.07) is 16.6. The maximum absolute atomic E-state index is 12.9. The van der Waals surface area contributed by atoms with Crippen LogP contribution in [-0.4, -0.2) is 21.9 Å². The van der Waals surface area contributed by atoms with Crippen LogP contribution >= 0.6 is 0 Å². The van der Waals surface area contributed by atoms with Gasteiger partial charge in [-0.3, -0.25) is 10.1 Å². The predicted octanol–water partition coefficient (Wildman–Crippen LogP) is 3.59. The highest BCUT2D eigenvalue weighted by molar-refractivity contribution is 5.96. The number of rotatable bonds is 4.